The van der Waals surface area contributed by atoms with E-state index in [0.29, 0.717) is 5.69 Å². The van der Waals surface area contributed by atoms with Crippen molar-refractivity contribution in [3.05, 3.63) is 65.9 Å². The van der Waals surface area contributed by atoms with Gasteiger partial charge in [-0.2, -0.15) is 0 Å². The van der Waals surface area contributed by atoms with Crippen LogP contribution in [0.4, 0.5) is 0 Å². The van der Waals surface area contributed by atoms with E-state index in [1.807, 2.05) is 61.5 Å². The van der Waals surface area contributed by atoms with Crippen LogP contribution in [0.2, 0.25) is 0 Å². The summed E-state index contributed by atoms with van der Waals surface area (Å²) in [6.07, 6.45) is 0. The van der Waals surface area contributed by atoms with Gasteiger partial charge in [0.2, 0.25) is 0 Å². The molecule has 0 radical (unpaired) electrons. The van der Waals surface area contributed by atoms with Gasteiger partial charge >= 0.3 is 5.97 Å². The van der Waals surface area contributed by atoms with E-state index in [1.165, 1.54) is 0 Å². The number of benzene rings is 2. The van der Waals surface area contributed by atoms with Gasteiger partial charge in [0.05, 0.1) is 5.69 Å². The highest BCUT2D eigenvalue weighted by Crippen LogP contribution is 2.25. The van der Waals surface area contributed by atoms with Crippen molar-refractivity contribution in [3.63, 3.8) is 0 Å². The van der Waals surface area contributed by atoms with Crippen molar-refractivity contribution in [3.8, 4) is 16.9 Å². The summed E-state index contributed by atoms with van der Waals surface area (Å²) in [5.74, 6) is -1.09. The van der Waals surface area contributed by atoms with Crippen LogP contribution in [0.1, 0.15) is 16.1 Å². The molecule has 5 heteroatoms. The Labute approximate surface area is 121 Å². The van der Waals surface area contributed by atoms with Gasteiger partial charge in [-0.3, -0.25) is 0 Å². The Kier molecular flexibility index (Phi) is 3.23. The number of hydrogen-bond donors (Lipinski definition) is 1. The highest BCUT2D eigenvalue weighted by Gasteiger charge is 2.21. The number of hydrogen-bond acceptors (Lipinski definition) is 3. The van der Waals surface area contributed by atoms with Crippen LogP contribution in [-0.4, -0.2) is 26.1 Å². The summed E-state index contributed by atoms with van der Waals surface area (Å²) in [5, 5.41) is 17.1. The maximum absolute atomic E-state index is 11.4. The van der Waals surface area contributed by atoms with E-state index in [0.717, 1.165) is 16.8 Å². The molecule has 0 spiro atoms. The Bertz CT molecular complexity index is 794. The van der Waals surface area contributed by atoms with Gasteiger partial charge < -0.3 is 5.11 Å². The Hall–Kier alpha value is -2.95. The first-order valence-corrected chi connectivity index (χ1v) is 6.48. The molecule has 104 valence electrons. The summed E-state index contributed by atoms with van der Waals surface area (Å²) >= 11 is 0. The first-order valence-electron chi connectivity index (χ1n) is 6.48. The average molecular weight is 279 g/mol. The van der Waals surface area contributed by atoms with E-state index in [2.05, 4.69) is 10.3 Å². The summed E-state index contributed by atoms with van der Waals surface area (Å²) < 4.78 is 1.56. The van der Waals surface area contributed by atoms with Crippen LogP contribution in [0, 0.1) is 6.92 Å². The summed E-state index contributed by atoms with van der Waals surface area (Å²) in [5.41, 5.74) is 3.05. The predicted octanol–water partition coefficient (Wildman–Crippen LogP) is 2.94. The quantitative estimate of drug-likeness (QED) is 0.800. The fraction of sp³-hybridized carbons (Fsp3) is 0.0625. The molecule has 0 saturated carbocycles. The highest BCUT2D eigenvalue weighted by atomic mass is 16.4. The number of carboxylic acid groups (broad SMARTS) is 1. The Morgan fingerprint density at radius 3 is 2.52 bits per heavy atom. The molecular formula is C16H13N3O2. The van der Waals surface area contributed by atoms with Gasteiger partial charge in [0.25, 0.3) is 0 Å². The standard InChI is InChI=1S/C16H13N3O2/c1-11-6-5-9-13(10-11)19-15(12-7-3-2-4-8-12)14(16(20)21)17-18-19/h2-10H,1H3,(H,20,21). The molecule has 1 N–H and O–H groups in total. The molecule has 0 aliphatic heterocycles. The second-order valence-corrected chi connectivity index (χ2v) is 4.71. The lowest BCUT2D eigenvalue weighted by atomic mass is 10.1. The zero-order chi connectivity index (χ0) is 14.8. The van der Waals surface area contributed by atoms with Crippen molar-refractivity contribution in [1.29, 1.82) is 0 Å². The van der Waals surface area contributed by atoms with Crippen LogP contribution in [0.5, 0.6) is 0 Å². The van der Waals surface area contributed by atoms with E-state index in [-0.39, 0.29) is 5.69 Å². The average Bonchev–Trinajstić information content (AvgIpc) is 2.93. The van der Waals surface area contributed by atoms with Crippen LogP contribution in [-0.2, 0) is 0 Å². The van der Waals surface area contributed by atoms with Gasteiger partial charge in [-0.05, 0) is 24.6 Å². The van der Waals surface area contributed by atoms with Crippen molar-refractivity contribution in [2.45, 2.75) is 6.92 Å². The highest BCUT2D eigenvalue weighted by molar-refractivity contribution is 5.93. The predicted molar refractivity (Wildman–Crippen MR) is 78.5 cm³/mol. The maximum atomic E-state index is 11.4. The van der Waals surface area contributed by atoms with Crippen molar-refractivity contribution in [2.75, 3.05) is 0 Å². The number of aromatic carboxylic acids is 1. The minimum absolute atomic E-state index is 0.0530. The second kappa shape index (κ2) is 5.20. The van der Waals surface area contributed by atoms with E-state index in [9.17, 15) is 9.90 Å². The first-order chi connectivity index (χ1) is 10.2. The molecule has 0 unspecified atom stereocenters. The number of carboxylic acids is 1. The third-order valence-corrected chi connectivity index (χ3v) is 3.17. The maximum Gasteiger partial charge on any atom is 0.358 e. The van der Waals surface area contributed by atoms with E-state index in [1.54, 1.807) is 4.68 Å². The third kappa shape index (κ3) is 2.41. The van der Waals surface area contributed by atoms with E-state index >= 15 is 0 Å². The van der Waals surface area contributed by atoms with E-state index in [4.69, 9.17) is 0 Å². The van der Waals surface area contributed by atoms with Crippen molar-refractivity contribution < 1.29 is 9.90 Å². The van der Waals surface area contributed by atoms with E-state index < -0.39 is 5.97 Å². The summed E-state index contributed by atoms with van der Waals surface area (Å²) in [6.45, 7) is 1.97. The monoisotopic (exact) mass is 279 g/mol. The van der Waals surface area contributed by atoms with Crippen LogP contribution < -0.4 is 0 Å². The Morgan fingerprint density at radius 2 is 1.86 bits per heavy atom. The molecule has 0 atom stereocenters. The fourth-order valence-corrected chi connectivity index (χ4v) is 2.22. The summed E-state index contributed by atoms with van der Waals surface area (Å²) in [6, 6.07) is 17.0. The van der Waals surface area contributed by atoms with Gasteiger partial charge in [0.15, 0.2) is 5.69 Å². The third-order valence-electron chi connectivity index (χ3n) is 3.17. The zero-order valence-electron chi connectivity index (χ0n) is 11.4. The number of rotatable bonds is 3. The molecule has 0 amide bonds. The summed E-state index contributed by atoms with van der Waals surface area (Å²) in [4.78, 5) is 11.4. The van der Waals surface area contributed by atoms with Gasteiger partial charge in [-0.15, -0.1) is 5.10 Å². The van der Waals surface area contributed by atoms with Gasteiger partial charge in [-0.1, -0.05) is 47.7 Å². The fourth-order valence-electron chi connectivity index (χ4n) is 2.22. The molecule has 0 fully saturated rings. The van der Waals surface area contributed by atoms with Crippen LogP contribution >= 0.6 is 0 Å². The smallest absolute Gasteiger partial charge is 0.358 e. The van der Waals surface area contributed by atoms with Crippen LogP contribution in [0.25, 0.3) is 16.9 Å². The van der Waals surface area contributed by atoms with Crippen molar-refractivity contribution in [2.24, 2.45) is 0 Å². The molecule has 0 saturated heterocycles. The number of aromatic nitrogens is 3. The lowest BCUT2D eigenvalue weighted by Gasteiger charge is -2.07. The molecule has 0 aliphatic rings. The lowest BCUT2D eigenvalue weighted by molar-refractivity contribution is 0.0691. The molecule has 2 aromatic carbocycles. The molecule has 0 bridgehead atoms. The topological polar surface area (TPSA) is 68.0 Å². The SMILES string of the molecule is Cc1cccc(-n2nnc(C(=O)O)c2-c2ccccc2)c1. The molecule has 5 nitrogen and oxygen atoms in total. The Morgan fingerprint density at radius 1 is 1.10 bits per heavy atom. The number of aryl methyl sites for hydroxylation is 1. The van der Waals surface area contributed by atoms with Gasteiger partial charge in [0, 0.05) is 5.56 Å². The molecule has 1 aromatic heterocycles. The van der Waals surface area contributed by atoms with Crippen molar-refractivity contribution >= 4 is 5.97 Å². The molecule has 0 aliphatic carbocycles. The minimum atomic E-state index is -1.09. The lowest BCUT2D eigenvalue weighted by Crippen LogP contribution is -2.03. The molecule has 1 heterocycles. The normalized spacial score (nSPS) is 10.5. The largest absolute Gasteiger partial charge is 0.476 e. The molecule has 3 aromatic rings. The van der Waals surface area contributed by atoms with Crippen molar-refractivity contribution in [1.82, 2.24) is 15.0 Å². The second-order valence-electron chi connectivity index (χ2n) is 4.71. The van der Waals surface area contributed by atoms with Gasteiger partial charge in [-0.25, -0.2) is 9.48 Å². The zero-order valence-corrected chi connectivity index (χ0v) is 11.4. The number of carbonyl (C=O) groups is 1. The summed E-state index contributed by atoms with van der Waals surface area (Å²) in [7, 11) is 0. The van der Waals surface area contributed by atoms with Gasteiger partial charge in [0.1, 0.15) is 5.69 Å². The first kappa shape index (κ1) is 13.1. The minimum Gasteiger partial charge on any atom is -0.476 e. The molecule has 3 rings (SSSR count). The Balaban J connectivity index is 2.25. The number of nitrogens with zero attached hydrogens (tertiary/aromatic N) is 3. The van der Waals surface area contributed by atoms with Crippen LogP contribution in [0.15, 0.2) is 54.6 Å². The molecule has 21 heavy (non-hydrogen) atoms. The molecular weight excluding hydrogens is 266 g/mol. The van der Waals surface area contributed by atoms with Crippen LogP contribution in [0.3, 0.4) is 0 Å².